The van der Waals surface area contributed by atoms with Crippen molar-refractivity contribution in [2.75, 3.05) is 11.4 Å². The molecule has 0 radical (unpaired) electrons. The fourth-order valence-corrected chi connectivity index (χ4v) is 3.74. The molecule has 1 amide bonds. The molecule has 0 saturated carbocycles. The molecule has 2 heterocycles. The number of piperidine rings is 1. The van der Waals surface area contributed by atoms with Gasteiger partial charge < -0.3 is 16.4 Å². The Kier molecular flexibility index (Phi) is 3.85. The van der Waals surface area contributed by atoms with Gasteiger partial charge in [0.1, 0.15) is 5.82 Å². The van der Waals surface area contributed by atoms with Crippen LogP contribution < -0.4 is 16.4 Å². The van der Waals surface area contributed by atoms with Gasteiger partial charge in [0.05, 0.1) is 5.56 Å². The molecule has 1 saturated heterocycles. The molecular weight excluding hydrogens is 264 g/mol. The molecule has 21 heavy (non-hydrogen) atoms. The van der Waals surface area contributed by atoms with Crippen molar-refractivity contribution >= 4 is 11.7 Å². The molecule has 1 aliphatic carbocycles. The lowest BCUT2D eigenvalue weighted by atomic mass is 9.95. The Balaban J connectivity index is 2.08. The number of nitrogens with two attached hydrogens (primary N) is 2. The van der Waals surface area contributed by atoms with Gasteiger partial charge in [0, 0.05) is 24.3 Å². The number of fused-ring (bicyclic) bond motifs is 1. The van der Waals surface area contributed by atoms with Gasteiger partial charge in [0.2, 0.25) is 0 Å². The Morgan fingerprint density at radius 3 is 2.90 bits per heavy atom. The number of carbonyl (C=O) groups excluding carboxylic acids is 1. The zero-order valence-corrected chi connectivity index (χ0v) is 12.6. The minimum Gasteiger partial charge on any atom is -0.365 e. The number of primary amides is 1. The average Bonchev–Trinajstić information content (AvgIpc) is 2.92. The van der Waals surface area contributed by atoms with Crippen LogP contribution in [0.15, 0.2) is 6.07 Å². The number of anilines is 1. The van der Waals surface area contributed by atoms with Crippen molar-refractivity contribution in [3.63, 3.8) is 0 Å². The third-order valence-corrected chi connectivity index (χ3v) is 4.84. The number of aryl methyl sites for hydroxylation is 2. The second kappa shape index (κ2) is 5.64. The molecule has 5 heteroatoms. The highest BCUT2D eigenvalue weighted by Crippen LogP contribution is 2.33. The van der Waals surface area contributed by atoms with E-state index in [0.29, 0.717) is 18.2 Å². The van der Waals surface area contributed by atoms with E-state index in [2.05, 4.69) is 11.8 Å². The molecule has 1 aliphatic heterocycles. The predicted octanol–water partition coefficient (Wildman–Crippen LogP) is 1.38. The van der Waals surface area contributed by atoms with Crippen LogP contribution in [0.2, 0.25) is 0 Å². The summed E-state index contributed by atoms with van der Waals surface area (Å²) < 4.78 is 0. The van der Waals surface area contributed by atoms with Crippen molar-refractivity contribution in [1.29, 1.82) is 0 Å². The van der Waals surface area contributed by atoms with Crippen LogP contribution in [0.4, 0.5) is 5.82 Å². The van der Waals surface area contributed by atoms with Crippen molar-refractivity contribution in [2.45, 2.75) is 57.5 Å². The van der Waals surface area contributed by atoms with Gasteiger partial charge in [0.25, 0.3) is 5.91 Å². The number of pyridine rings is 1. The lowest BCUT2D eigenvalue weighted by molar-refractivity contribution is 0.1000. The number of carbonyl (C=O) groups is 1. The van der Waals surface area contributed by atoms with Crippen LogP contribution in [0.3, 0.4) is 0 Å². The second-order valence-electron chi connectivity index (χ2n) is 6.26. The highest BCUT2D eigenvalue weighted by Gasteiger charge is 2.32. The smallest absolute Gasteiger partial charge is 0.252 e. The van der Waals surface area contributed by atoms with Gasteiger partial charge in [-0.25, -0.2) is 4.98 Å². The maximum absolute atomic E-state index is 11.9. The van der Waals surface area contributed by atoms with Gasteiger partial charge in [-0.2, -0.15) is 0 Å². The van der Waals surface area contributed by atoms with E-state index in [1.165, 1.54) is 12.0 Å². The van der Waals surface area contributed by atoms with Crippen molar-refractivity contribution in [1.82, 2.24) is 4.98 Å². The van der Waals surface area contributed by atoms with Gasteiger partial charge in [-0.05, 0) is 57.1 Å². The first kappa shape index (κ1) is 14.3. The van der Waals surface area contributed by atoms with Crippen LogP contribution in [0, 0.1) is 0 Å². The third-order valence-electron chi connectivity index (χ3n) is 4.84. The molecule has 1 fully saturated rings. The Labute approximate surface area is 125 Å². The number of amides is 1. The zero-order valence-electron chi connectivity index (χ0n) is 12.6. The molecule has 5 nitrogen and oxygen atoms in total. The fourth-order valence-electron chi connectivity index (χ4n) is 3.74. The van der Waals surface area contributed by atoms with Gasteiger partial charge in [-0.15, -0.1) is 0 Å². The van der Waals surface area contributed by atoms with Gasteiger partial charge in [0.15, 0.2) is 0 Å². The molecule has 2 atom stereocenters. The van der Waals surface area contributed by atoms with Gasteiger partial charge in [-0.1, -0.05) is 0 Å². The molecule has 2 aliphatic rings. The number of hydrogen-bond donors (Lipinski definition) is 2. The molecule has 0 aromatic carbocycles. The van der Waals surface area contributed by atoms with Gasteiger partial charge in [-0.3, -0.25) is 4.79 Å². The van der Waals surface area contributed by atoms with E-state index in [0.717, 1.165) is 43.6 Å². The number of nitrogens with zero attached hydrogens (tertiary/aromatic N) is 2. The summed E-state index contributed by atoms with van der Waals surface area (Å²) in [6.45, 7) is 2.77. The summed E-state index contributed by atoms with van der Waals surface area (Å²) in [5, 5.41) is 0. The first-order chi connectivity index (χ1) is 10.1. The van der Waals surface area contributed by atoms with E-state index in [4.69, 9.17) is 16.5 Å². The van der Waals surface area contributed by atoms with Crippen molar-refractivity contribution in [2.24, 2.45) is 11.5 Å². The average molecular weight is 288 g/mol. The third kappa shape index (κ3) is 2.50. The Hall–Kier alpha value is -1.62. The molecule has 2 unspecified atom stereocenters. The summed E-state index contributed by atoms with van der Waals surface area (Å²) in [5.41, 5.74) is 14.4. The topological polar surface area (TPSA) is 85.2 Å². The summed E-state index contributed by atoms with van der Waals surface area (Å²) in [6, 6.07) is 2.55. The van der Waals surface area contributed by atoms with Crippen molar-refractivity contribution in [3.05, 3.63) is 22.9 Å². The van der Waals surface area contributed by atoms with Crippen LogP contribution >= 0.6 is 0 Å². The Morgan fingerprint density at radius 1 is 1.38 bits per heavy atom. The summed E-state index contributed by atoms with van der Waals surface area (Å²) in [4.78, 5) is 18.9. The first-order valence-corrected chi connectivity index (χ1v) is 7.92. The highest BCUT2D eigenvalue weighted by molar-refractivity contribution is 5.98. The summed E-state index contributed by atoms with van der Waals surface area (Å²) in [6.07, 6.45) is 6.44. The predicted molar refractivity (Wildman–Crippen MR) is 83.4 cm³/mol. The zero-order chi connectivity index (χ0) is 15.0. The molecule has 3 rings (SSSR count). The largest absolute Gasteiger partial charge is 0.365 e. The van der Waals surface area contributed by atoms with Crippen LogP contribution in [-0.2, 0) is 12.8 Å². The summed E-state index contributed by atoms with van der Waals surface area (Å²) in [5.74, 6) is 0.367. The molecule has 1 aromatic heterocycles. The minimum atomic E-state index is -0.388. The van der Waals surface area contributed by atoms with Crippen LogP contribution in [0.1, 0.15) is 54.2 Å². The summed E-state index contributed by atoms with van der Waals surface area (Å²) >= 11 is 0. The van der Waals surface area contributed by atoms with E-state index in [-0.39, 0.29) is 11.9 Å². The normalized spacial score (nSPS) is 25.0. The molecule has 0 spiro atoms. The van der Waals surface area contributed by atoms with Crippen LogP contribution in [-0.4, -0.2) is 29.5 Å². The molecule has 1 aromatic rings. The van der Waals surface area contributed by atoms with E-state index >= 15 is 0 Å². The lowest BCUT2D eigenvalue weighted by Crippen LogP contribution is -2.50. The second-order valence-corrected chi connectivity index (χ2v) is 6.26. The first-order valence-electron chi connectivity index (χ1n) is 7.92. The highest BCUT2D eigenvalue weighted by atomic mass is 16.1. The summed E-state index contributed by atoms with van der Waals surface area (Å²) in [7, 11) is 0. The van der Waals surface area contributed by atoms with Crippen LogP contribution in [0.5, 0.6) is 0 Å². The van der Waals surface area contributed by atoms with Gasteiger partial charge >= 0.3 is 0 Å². The fraction of sp³-hybridized carbons (Fsp3) is 0.625. The lowest BCUT2D eigenvalue weighted by Gasteiger charge is -2.42. The number of aromatic nitrogens is 1. The maximum Gasteiger partial charge on any atom is 0.252 e. The van der Waals surface area contributed by atoms with E-state index in [1.807, 2.05) is 6.07 Å². The quantitative estimate of drug-likeness (QED) is 0.880. The number of hydrogen-bond acceptors (Lipinski definition) is 4. The van der Waals surface area contributed by atoms with E-state index < -0.39 is 0 Å². The molecular formula is C16H24N4O. The Bertz CT molecular complexity index is 557. The van der Waals surface area contributed by atoms with E-state index in [1.54, 1.807) is 0 Å². The SMILES string of the molecule is CC1CCCC(CN)N1c1nc2c(cc1C(N)=O)CCC2. The van der Waals surface area contributed by atoms with Crippen molar-refractivity contribution in [3.8, 4) is 0 Å². The number of rotatable bonds is 3. The van der Waals surface area contributed by atoms with E-state index in [9.17, 15) is 4.79 Å². The molecule has 0 bridgehead atoms. The van der Waals surface area contributed by atoms with Crippen LogP contribution in [0.25, 0.3) is 0 Å². The standard InChI is InChI=1S/C16H24N4O/c1-10-4-2-6-12(9-17)20(10)16-13(15(18)21)8-11-5-3-7-14(11)19-16/h8,10,12H,2-7,9,17H2,1H3,(H2,18,21). The molecule has 4 N–H and O–H groups in total. The van der Waals surface area contributed by atoms with Crippen molar-refractivity contribution < 1.29 is 4.79 Å². The minimum absolute atomic E-state index is 0.249. The molecule has 114 valence electrons. The Morgan fingerprint density at radius 2 is 2.19 bits per heavy atom. The maximum atomic E-state index is 11.9. The monoisotopic (exact) mass is 288 g/mol.